The van der Waals surface area contributed by atoms with Crippen LogP contribution in [0.5, 0.6) is 5.75 Å². The SMILES string of the molecule is Cc1c(O)cccc1C(=O)NCC(O)C(=O)O. The number of aliphatic hydroxyl groups is 1. The molecule has 1 aromatic rings. The van der Waals surface area contributed by atoms with Crippen LogP contribution < -0.4 is 5.32 Å². The maximum atomic E-state index is 11.6. The van der Waals surface area contributed by atoms with Crippen molar-refractivity contribution in [1.82, 2.24) is 5.32 Å². The lowest BCUT2D eigenvalue weighted by Gasteiger charge is -2.10. The number of phenolic OH excluding ortho intramolecular Hbond substituents is 1. The summed E-state index contributed by atoms with van der Waals surface area (Å²) in [5.41, 5.74) is 0.636. The van der Waals surface area contributed by atoms with E-state index in [4.69, 9.17) is 10.2 Å². The number of nitrogens with one attached hydrogen (secondary N) is 1. The number of hydrogen-bond acceptors (Lipinski definition) is 4. The Hall–Kier alpha value is -2.08. The van der Waals surface area contributed by atoms with Gasteiger partial charge < -0.3 is 20.6 Å². The molecular formula is C11H13NO5. The standard InChI is InChI=1S/C11H13NO5/c1-6-7(3-2-4-8(6)13)10(15)12-5-9(14)11(16)17/h2-4,9,13-14H,5H2,1H3,(H,12,15)(H,16,17). The van der Waals surface area contributed by atoms with Gasteiger partial charge in [0.15, 0.2) is 6.10 Å². The summed E-state index contributed by atoms with van der Waals surface area (Å²) < 4.78 is 0. The topological polar surface area (TPSA) is 107 Å². The van der Waals surface area contributed by atoms with Crippen molar-refractivity contribution in [2.75, 3.05) is 6.54 Å². The molecule has 6 heteroatoms. The predicted molar refractivity (Wildman–Crippen MR) is 58.8 cm³/mol. The first-order valence-corrected chi connectivity index (χ1v) is 4.91. The Bertz CT molecular complexity index is 443. The predicted octanol–water partition coefficient (Wildman–Crippen LogP) is -0.124. The number of carboxylic acids is 1. The van der Waals surface area contributed by atoms with Gasteiger partial charge in [-0.3, -0.25) is 4.79 Å². The fraction of sp³-hybridized carbons (Fsp3) is 0.273. The second kappa shape index (κ2) is 5.31. The summed E-state index contributed by atoms with van der Waals surface area (Å²) in [6.45, 7) is 1.18. The van der Waals surface area contributed by atoms with Crippen molar-refractivity contribution in [1.29, 1.82) is 0 Å². The largest absolute Gasteiger partial charge is 0.508 e. The Kier molecular flexibility index (Phi) is 4.06. The Labute approximate surface area is 97.5 Å². The molecule has 0 aromatic heterocycles. The average Bonchev–Trinajstić information content (AvgIpc) is 2.29. The number of benzene rings is 1. The Balaban J connectivity index is 2.71. The number of aliphatic carboxylic acids is 1. The van der Waals surface area contributed by atoms with E-state index in [-0.39, 0.29) is 17.9 Å². The van der Waals surface area contributed by atoms with Crippen molar-refractivity contribution in [3.05, 3.63) is 29.3 Å². The van der Waals surface area contributed by atoms with Gasteiger partial charge >= 0.3 is 5.97 Å². The molecule has 6 nitrogen and oxygen atoms in total. The molecule has 4 N–H and O–H groups in total. The fourth-order valence-corrected chi connectivity index (χ4v) is 1.24. The van der Waals surface area contributed by atoms with E-state index < -0.39 is 18.0 Å². The van der Waals surface area contributed by atoms with Gasteiger partial charge in [0, 0.05) is 11.1 Å². The molecule has 0 saturated carbocycles. The van der Waals surface area contributed by atoms with Crippen LogP contribution in [0.1, 0.15) is 15.9 Å². The second-order valence-corrected chi connectivity index (χ2v) is 3.51. The van der Waals surface area contributed by atoms with Crippen LogP contribution >= 0.6 is 0 Å². The molecule has 0 heterocycles. The van der Waals surface area contributed by atoms with Gasteiger partial charge in [-0.25, -0.2) is 4.79 Å². The molecule has 1 unspecified atom stereocenters. The number of aromatic hydroxyl groups is 1. The van der Waals surface area contributed by atoms with Gasteiger partial charge in [0.25, 0.3) is 5.91 Å². The van der Waals surface area contributed by atoms with Gasteiger partial charge in [0.05, 0.1) is 6.54 Å². The summed E-state index contributed by atoms with van der Waals surface area (Å²) in [5, 5.41) is 29.1. The summed E-state index contributed by atoms with van der Waals surface area (Å²) >= 11 is 0. The average molecular weight is 239 g/mol. The molecule has 1 amide bonds. The van der Waals surface area contributed by atoms with E-state index in [9.17, 15) is 14.7 Å². The van der Waals surface area contributed by atoms with Crippen molar-refractivity contribution in [2.45, 2.75) is 13.0 Å². The highest BCUT2D eigenvalue weighted by molar-refractivity contribution is 5.96. The number of carboxylic acid groups (broad SMARTS) is 1. The number of carbonyl (C=O) groups excluding carboxylic acids is 1. The van der Waals surface area contributed by atoms with Crippen molar-refractivity contribution in [3.63, 3.8) is 0 Å². The first-order valence-electron chi connectivity index (χ1n) is 4.91. The van der Waals surface area contributed by atoms with Crippen LogP contribution in [0, 0.1) is 6.92 Å². The van der Waals surface area contributed by atoms with Gasteiger partial charge in [0.1, 0.15) is 5.75 Å². The highest BCUT2D eigenvalue weighted by Crippen LogP contribution is 2.19. The van der Waals surface area contributed by atoms with E-state index in [2.05, 4.69) is 5.32 Å². The van der Waals surface area contributed by atoms with Gasteiger partial charge in [-0.2, -0.15) is 0 Å². The maximum absolute atomic E-state index is 11.6. The van der Waals surface area contributed by atoms with Gasteiger partial charge in [0.2, 0.25) is 0 Å². The second-order valence-electron chi connectivity index (χ2n) is 3.51. The third-order valence-corrected chi connectivity index (χ3v) is 2.29. The Morgan fingerprint density at radius 2 is 2.06 bits per heavy atom. The van der Waals surface area contributed by atoms with Crippen LogP contribution in [0.15, 0.2) is 18.2 Å². The number of hydrogen-bond donors (Lipinski definition) is 4. The monoisotopic (exact) mass is 239 g/mol. The Morgan fingerprint density at radius 3 is 2.65 bits per heavy atom. The van der Waals surface area contributed by atoms with Crippen molar-refractivity contribution in [2.24, 2.45) is 0 Å². The molecule has 0 aliphatic carbocycles. The van der Waals surface area contributed by atoms with E-state index in [0.29, 0.717) is 5.56 Å². The molecule has 0 saturated heterocycles. The minimum Gasteiger partial charge on any atom is -0.508 e. The summed E-state index contributed by atoms with van der Waals surface area (Å²) in [6.07, 6.45) is -1.64. The van der Waals surface area contributed by atoms with E-state index in [1.165, 1.54) is 18.2 Å². The van der Waals surface area contributed by atoms with Crippen LogP contribution in [0.3, 0.4) is 0 Å². The van der Waals surface area contributed by atoms with Crippen LogP contribution in [-0.2, 0) is 4.79 Å². The third-order valence-electron chi connectivity index (χ3n) is 2.29. The minimum absolute atomic E-state index is 0.0172. The molecule has 0 bridgehead atoms. The molecule has 0 fully saturated rings. The molecule has 17 heavy (non-hydrogen) atoms. The minimum atomic E-state index is -1.64. The molecule has 1 rings (SSSR count). The molecule has 1 atom stereocenters. The van der Waals surface area contributed by atoms with Crippen LogP contribution in [0.25, 0.3) is 0 Å². The fourth-order valence-electron chi connectivity index (χ4n) is 1.24. The highest BCUT2D eigenvalue weighted by Gasteiger charge is 2.16. The van der Waals surface area contributed by atoms with Gasteiger partial charge in [-0.15, -0.1) is 0 Å². The number of phenols is 1. The molecule has 0 spiro atoms. The zero-order chi connectivity index (χ0) is 13.0. The summed E-state index contributed by atoms with van der Waals surface area (Å²) in [7, 11) is 0. The number of aliphatic hydroxyl groups excluding tert-OH is 1. The molecule has 0 aliphatic rings. The number of carbonyl (C=O) groups is 2. The van der Waals surface area contributed by atoms with Crippen molar-refractivity contribution >= 4 is 11.9 Å². The Morgan fingerprint density at radius 1 is 1.41 bits per heavy atom. The molecule has 92 valence electrons. The smallest absolute Gasteiger partial charge is 0.334 e. The highest BCUT2D eigenvalue weighted by atomic mass is 16.4. The lowest BCUT2D eigenvalue weighted by Crippen LogP contribution is -2.36. The first-order chi connectivity index (χ1) is 7.93. The molecule has 0 aliphatic heterocycles. The molecular weight excluding hydrogens is 226 g/mol. The van der Waals surface area contributed by atoms with E-state index in [1.54, 1.807) is 6.92 Å². The summed E-state index contributed by atoms with van der Waals surface area (Å²) in [4.78, 5) is 21.9. The van der Waals surface area contributed by atoms with Crippen molar-refractivity contribution < 1.29 is 24.9 Å². The normalized spacial score (nSPS) is 11.9. The zero-order valence-corrected chi connectivity index (χ0v) is 9.17. The number of amides is 1. The van der Waals surface area contributed by atoms with Crippen LogP contribution in [0.4, 0.5) is 0 Å². The lowest BCUT2D eigenvalue weighted by atomic mass is 10.1. The molecule has 1 aromatic carbocycles. The van der Waals surface area contributed by atoms with E-state index >= 15 is 0 Å². The maximum Gasteiger partial charge on any atom is 0.334 e. The van der Waals surface area contributed by atoms with Crippen LogP contribution in [0.2, 0.25) is 0 Å². The quantitative estimate of drug-likeness (QED) is 0.585. The van der Waals surface area contributed by atoms with Crippen LogP contribution in [-0.4, -0.2) is 39.8 Å². The summed E-state index contributed by atoms with van der Waals surface area (Å²) in [6, 6.07) is 4.45. The van der Waals surface area contributed by atoms with Crippen molar-refractivity contribution in [3.8, 4) is 5.75 Å². The van der Waals surface area contributed by atoms with E-state index in [0.717, 1.165) is 0 Å². The van der Waals surface area contributed by atoms with Gasteiger partial charge in [-0.05, 0) is 19.1 Å². The first kappa shape index (κ1) is 13.0. The summed E-state index contributed by atoms with van der Waals surface area (Å²) in [5.74, 6) is -1.96. The third kappa shape index (κ3) is 3.18. The number of rotatable bonds is 4. The van der Waals surface area contributed by atoms with E-state index in [1.807, 2.05) is 0 Å². The van der Waals surface area contributed by atoms with Gasteiger partial charge in [-0.1, -0.05) is 6.07 Å². The zero-order valence-electron chi connectivity index (χ0n) is 9.17. The lowest BCUT2D eigenvalue weighted by molar-refractivity contribution is -0.146. The molecule has 0 radical (unpaired) electrons.